The smallest absolute Gasteiger partial charge is 0.0813 e. The summed E-state index contributed by atoms with van der Waals surface area (Å²) >= 11 is 7.25. The van der Waals surface area contributed by atoms with Crippen molar-refractivity contribution in [2.45, 2.75) is 6.92 Å². The summed E-state index contributed by atoms with van der Waals surface area (Å²) in [6.45, 7) is 3.32. The second-order valence-electron chi connectivity index (χ2n) is 2.74. The first-order valence-electron chi connectivity index (χ1n) is 3.54. The Labute approximate surface area is 72.2 Å². The van der Waals surface area contributed by atoms with Crippen LogP contribution in [-0.2, 0) is 0 Å². The van der Waals surface area contributed by atoms with E-state index in [4.69, 9.17) is 12.2 Å². The Bertz CT molecular complexity index is 122. The molecule has 1 nitrogen and oxygen atoms in total. The van der Waals surface area contributed by atoms with Crippen molar-refractivity contribution in [2.24, 2.45) is 5.92 Å². The van der Waals surface area contributed by atoms with Gasteiger partial charge in [0.2, 0.25) is 0 Å². The molecule has 0 aromatic carbocycles. The molecule has 1 unspecified atom stereocenters. The highest BCUT2D eigenvalue weighted by Crippen LogP contribution is 2.16. The molecule has 10 heavy (non-hydrogen) atoms. The van der Waals surface area contributed by atoms with Crippen molar-refractivity contribution >= 4 is 29.0 Å². The van der Waals surface area contributed by atoms with Crippen LogP contribution in [-0.4, -0.2) is 35.0 Å². The molecule has 1 aliphatic heterocycles. The highest BCUT2D eigenvalue weighted by molar-refractivity contribution is 7.99. The topological polar surface area (TPSA) is 3.24 Å². The summed E-state index contributed by atoms with van der Waals surface area (Å²) in [6, 6.07) is 0. The fourth-order valence-corrected chi connectivity index (χ4v) is 2.38. The maximum Gasteiger partial charge on any atom is 0.0813 e. The van der Waals surface area contributed by atoms with Gasteiger partial charge in [-0.3, -0.25) is 0 Å². The molecule has 0 aromatic heterocycles. The van der Waals surface area contributed by atoms with Gasteiger partial charge in [-0.25, -0.2) is 0 Å². The summed E-state index contributed by atoms with van der Waals surface area (Å²) in [4.78, 5) is 3.32. The molecule has 0 radical (unpaired) electrons. The average Bonchev–Trinajstić information content (AvgIpc) is 2.04. The highest BCUT2D eigenvalue weighted by atomic mass is 32.2. The first kappa shape index (κ1) is 8.34. The minimum absolute atomic E-state index is 0.590. The summed E-state index contributed by atoms with van der Waals surface area (Å²) < 4.78 is 0. The number of thioether (sulfide) groups is 1. The molecule has 1 heterocycles. The zero-order valence-corrected chi connectivity index (χ0v) is 8.10. The second-order valence-corrected chi connectivity index (χ2v) is 4.30. The Hall–Kier alpha value is 0.240. The van der Waals surface area contributed by atoms with Crippen molar-refractivity contribution in [1.82, 2.24) is 4.90 Å². The first-order valence-corrected chi connectivity index (χ1v) is 5.11. The SMILES string of the molecule is CC1CSCCN(C)C1=S. The van der Waals surface area contributed by atoms with Crippen molar-refractivity contribution in [2.75, 3.05) is 25.1 Å². The van der Waals surface area contributed by atoms with E-state index in [1.54, 1.807) is 0 Å². The number of thiocarbonyl (C=S) groups is 1. The summed E-state index contributed by atoms with van der Waals surface area (Å²) in [5.74, 6) is 3.01. The molecule has 0 aromatic rings. The van der Waals surface area contributed by atoms with E-state index in [1.165, 1.54) is 11.5 Å². The van der Waals surface area contributed by atoms with E-state index in [0.717, 1.165) is 11.5 Å². The van der Waals surface area contributed by atoms with E-state index in [2.05, 4.69) is 18.9 Å². The van der Waals surface area contributed by atoms with Gasteiger partial charge < -0.3 is 4.90 Å². The lowest BCUT2D eigenvalue weighted by Crippen LogP contribution is -2.29. The van der Waals surface area contributed by atoms with Crippen LogP contribution in [0.4, 0.5) is 0 Å². The van der Waals surface area contributed by atoms with Crippen LogP contribution in [0.5, 0.6) is 0 Å². The van der Waals surface area contributed by atoms with Gasteiger partial charge in [0.25, 0.3) is 0 Å². The van der Waals surface area contributed by atoms with E-state index in [-0.39, 0.29) is 0 Å². The van der Waals surface area contributed by atoms with E-state index in [1.807, 2.05) is 11.8 Å². The molecule has 3 heteroatoms. The van der Waals surface area contributed by atoms with Crippen molar-refractivity contribution in [1.29, 1.82) is 0 Å². The van der Waals surface area contributed by atoms with E-state index < -0.39 is 0 Å². The van der Waals surface area contributed by atoms with Gasteiger partial charge >= 0.3 is 0 Å². The maximum absolute atomic E-state index is 5.25. The Morgan fingerprint density at radius 3 is 3.10 bits per heavy atom. The number of rotatable bonds is 0. The predicted octanol–water partition coefficient (Wildman–Crippen LogP) is 1.63. The van der Waals surface area contributed by atoms with Crippen LogP contribution in [0, 0.1) is 5.92 Å². The quantitative estimate of drug-likeness (QED) is 0.515. The van der Waals surface area contributed by atoms with Crippen molar-refractivity contribution in [3.8, 4) is 0 Å². The highest BCUT2D eigenvalue weighted by Gasteiger charge is 2.16. The molecule has 0 aliphatic carbocycles. The van der Waals surface area contributed by atoms with Crippen LogP contribution >= 0.6 is 24.0 Å². The van der Waals surface area contributed by atoms with Crippen molar-refractivity contribution in [3.63, 3.8) is 0 Å². The standard InChI is InChI=1S/C7H13NS2/c1-6-5-10-4-3-8(2)7(6)9/h6H,3-5H2,1-2H3. The van der Waals surface area contributed by atoms with Crippen LogP contribution in [0.25, 0.3) is 0 Å². The molecule has 1 rings (SSSR count). The Kier molecular flexibility index (Phi) is 2.98. The molecule has 0 N–H and O–H groups in total. The molecular formula is C7H13NS2. The Balaban J connectivity index is 2.55. The van der Waals surface area contributed by atoms with Gasteiger partial charge in [0, 0.05) is 31.0 Å². The molecule has 1 saturated heterocycles. The van der Waals surface area contributed by atoms with E-state index in [9.17, 15) is 0 Å². The molecule has 58 valence electrons. The van der Waals surface area contributed by atoms with Gasteiger partial charge in [0.15, 0.2) is 0 Å². The van der Waals surface area contributed by atoms with Gasteiger partial charge in [0.05, 0.1) is 4.99 Å². The van der Waals surface area contributed by atoms with E-state index in [0.29, 0.717) is 5.92 Å². The molecule has 1 atom stereocenters. The molecule has 0 saturated carbocycles. The van der Waals surface area contributed by atoms with Crippen LogP contribution in [0.1, 0.15) is 6.92 Å². The third kappa shape index (κ3) is 1.86. The third-order valence-corrected chi connectivity index (χ3v) is 3.66. The minimum Gasteiger partial charge on any atom is -0.368 e. The first-order chi connectivity index (χ1) is 4.72. The van der Waals surface area contributed by atoms with Gasteiger partial charge in [-0.05, 0) is 0 Å². The van der Waals surface area contributed by atoms with Crippen molar-refractivity contribution < 1.29 is 0 Å². The van der Waals surface area contributed by atoms with Crippen LogP contribution in [0.3, 0.4) is 0 Å². The zero-order chi connectivity index (χ0) is 7.56. The molecule has 0 spiro atoms. The Morgan fingerprint density at radius 1 is 1.70 bits per heavy atom. The normalized spacial score (nSPS) is 28.4. The largest absolute Gasteiger partial charge is 0.368 e. The van der Waals surface area contributed by atoms with E-state index >= 15 is 0 Å². The van der Waals surface area contributed by atoms with Crippen LogP contribution in [0.15, 0.2) is 0 Å². The second kappa shape index (κ2) is 3.58. The lowest BCUT2D eigenvalue weighted by Gasteiger charge is -2.19. The Morgan fingerprint density at radius 2 is 2.40 bits per heavy atom. The fraction of sp³-hybridized carbons (Fsp3) is 0.857. The predicted molar refractivity (Wildman–Crippen MR) is 51.7 cm³/mol. The summed E-state index contributed by atoms with van der Waals surface area (Å²) in [6.07, 6.45) is 0. The number of nitrogens with zero attached hydrogens (tertiary/aromatic N) is 1. The minimum atomic E-state index is 0.590. The summed E-state index contributed by atoms with van der Waals surface area (Å²) in [5, 5.41) is 0. The van der Waals surface area contributed by atoms with Gasteiger partial charge in [-0.15, -0.1) is 0 Å². The van der Waals surface area contributed by atoms with Crippen LogP contribution in [0.2, 0.25) is 0 Å². The lowest BCUT2D eigenvalue weighted by molar-refractivity contribution is 0.528. The molecular weight excluding hydrogens is 162 g/mol. The van der Waals surface area contributed by atoms with Crippen molar-refractivity contribution in [3.05, 3.63) is 0 Å². The van der Waals surface area contributed by atoms with Gasteiger partial charge in [-0.2, -0.15) is 11.8 Å². The van der Waals surface area contributed by atoms with Gasteiger partial charge in [0.1, 0.15) is 0 Å². The monoisotopic (exact) mass is 175 g/mol. The molecule has 0 bridgehead atoms. The molecule has 0 amide bonds. The third-order valence-electron chi connectivity index (χ3n) is 1.74. The average molecular weight is 175 g/mol. The maximum atomic E-state index is 5.25. The van der Waals surface area contributed by atoms with Gasteiger partial charge in [-0.1, -0.05) is 19.1 Å². The molecule has 1 aliphatic rings. The molecule has 1 fully saturated rings. The zero-order valence-electron chi connectivity index (χ0n) is 6.46. The fourth-order valence-electron chi connectivity index (χ4n) is 1.02. The number of hydrogen-bond acceptors (Lipinski definition) is 2. The lowest BCUT2D eigenvalue weighted by atomic mass is 10.2. The summed E-state index contributed by atoms with van der Waals surface area (Å²) in [7, 11) is 2.09. The number of hydrogen-bond donors (Lipinski definition) is 0. The van der Waals surface area contributed by atoms with Crippen LogP contribution < -0.4 is 0 Å². The summed E-state index contributed by atoms with van der Waals surface area (Å²) in [5.41, 5.74) is 0.